The number of piperazine rings is 1. The zero-order valence-electron chi connectivity index (χ0n) is 14.1. The molecule has 2 aromatic rings. The minimum absolute atomic E-state index is 0.284. The highest BCUT2D eigenvalue weighted by atomic mass is 79.9. The Morgan fingerprint density at radius 2 is 1.88 bits per heavy atom. The van der Waals surface area contributed by atoms with Gasteiger partial charge in [-0.25, -0.2) is 4.98 Å². The molecule has 5 nitrogen and oxygen atoms in total. The Morgan fingerprint density at radius 1 is 1.21 bits per heavy atom. The summed E-state index contributed by atoms with van der Waals surface area (Å²) in [5.41, 5.74) is 1.99. The molecule has 1 aliphatic heterocycles. The SMILES string of the molecule is CCN1CCN(C(C#N)c2c(Br)nc(-c3ccccc3)n2C)CC1. The number of likely N-dealkylation sites (N-methyl/N-ethyl adjacent to an activating group) is 1. The van der Waals surface area contributed by atoms with E-state index in [9.17, 15) is 5.26 Å². The first-order chi connectivity index (χ1) is 11.7. The molecule has 0 bridgehead atoms. The largest absolute Gasteiger partial charge is 0.328 e. The van der Waals surface area contributed by atoms with Crippen LogP contribution >= 0.6 is 15.9 Å². The maximum Gasteiger partial charge on any atom is 0.141 e. The Bertz CT molecular complexity index is 726. The molecule has 1 saturated heterocycles. The lowest BCUT2D eigenvalue weighted by atomic mass is 10.1. The van der Waals surface area contributed by atoms with E-state index in [2.05, 4.69) is 43.7 Å². The molecule has 1 aliphatic rings. The van der Waals surface area contributed by atoms with Gasteiger partial charge in [-0.3, -0.25) is 4.90 Å². The van der Waals surface area contributed by atoms with Crippen LogP contribution in [0.1, 0.15) is 18.7 Å². The average molecular weight is 388 g/mol. The Balaban J connectivity index is 1.91. The van der Waals surface area contributed by atoms with E-state index in [4.69, 9.17) is 0 Å². The Kier molecular flexibility index (Phi) is 5.34. The summed E-state index contributed by atoms with van der Waals surface area (Å²) in [7, 11) is 1.99. The van der Waals surface area contributed by atoms with E-state index in [-0.39, 0.29) is 6.04 Å². The summed E-state index contributed by atoms with van der Waals surface area (Å²) in [6.45, 7) is 7.08. The lowest BCUT2D eigenvalue weighted by Gasteiger charge is -2.36. The van der Waals surface area contributed by atoms with Gasteiger partial charge in [0.15, 0.2) is 0 Å². The van der Waals surface area contributed by atoms with Crippen molar-refractivity contribution >= 4 is 15.9 Å². The van der Waals surface area contributed by atoms with E-state index in [1.54, 1.807) is 0 Å². The van der Waals surface area contributed by atoms with Crippen molar-refractivity contribution in [2.45, 2.75) is 13.0 Å². The van der Waals surface area contributed by atoms with Crippen molar-refractivity contribution in [2.75, 3.05) is 32.7 Å². The van der Waals surface area contributed by atoms with Gasteiger partial charge < -0.3 is 9.47 Å². The lowest BCUT2D eigenvalue weighted by molar-refractivity contribution is 0.116. The van der Waals surface area contributed by atoms with Gasteiger partial charge >= 0.3 is 0 Å². The summed E-state index contributed by atoms with van der Waals surface area (Å²) >= 11 is 3.58. The van der Waals surface area contributed by atoms with Gasteiger partial charge in [0.1, 0.15) is 16.5 Å². The molecule has 1 atom stereocenters. The van der Waals surface area contributed by atoms with E-state index >= 15 is 0 Å². The molecule has 1 aromatic carbocycles. The predicted molar refractivity (Wildman–Crippen MR) is 98.4 cm³/mol. The zero-order valence-corrected chi connectivity index (χ0v) is 15.7. The van der Waals surface area contributed by atoms with Crippen LogP contribution in [0, 0.1) is 11.3 Å². The highest BCUT2D eigenvalue weighted by Crippen LogP contribution is 2.32. The first-order valence-corrected chi connectivity index (χ1v) is 9.08. The molecule has 0 saturated carbocycles. The fourth-order valence-corrected chi connectivity index (χ4v) is 3.92. The van der Waals surface area contributed by atoms with E-state index in [1.165, 1.54) is 0 Å². The van der Waals surface area contributed by atoms with Crippen LogP contribution in [0.3, 0.4) is 0 Å². The summed E-state index contributed by atoms with van der Waals surface area (Å²) in [6, 6.07) is 12.3. The smallest absolute Gasteiger partial charge is 0.141 e. The van der Waals surface area contributed by atoms with Crippen LogP contribution in [0.15, 0.2) is 34.9 Å². The summed E-state index contributed by atoms with van der Waals surface area (Å²) in [5, 5.41) is 9.82. The maximum absolute atomic E-state index is 9.82. The first kappa shape index (κ1) is 17.2. The van der Waals surface area contributed by atoms with Crippen molar-refractivity contribution in [1.29, 1.82) is 5.26 Å². The van der Waals surface area contributed by atoms with Gasteiger partial charge in [-0.1, -0.05) is 37.3 Å². The van der Waals surface area contributed by atoms with E-state index < -0.39 is 0 Å². The molecule has 126 valence electrons. The van der Waals surface area contributed by atoms with Crippen LogP contribution in [0.4, 0.5) is 0 Å². The van der Waals surface area contributed by atoms with Gasteiger partial charge in [0.05, 0.1) is 11.8 Å². The van der Waals surface area contributed by atoms with Gasteiger partial charge in [-0.2, -0.15) is 5.26 Å². The molecule has 1 unspecified atom stereocenters. The molecule has 24 heavy (non-hydrogen) atoms. The fraction of sp³-hybridized carbons (Fsp3) is 0.444. The van der Waals surface area contributed by atoms with Crippen molar-refractivity contribution in [2.24, 2.45) is 7.05 Å². The first-order valence-electron chi connectivity index (χ1n) is 8.29. The Labute approximate surface area is 151 Å². The lowest BCUT2D eigenvalue weighted by Crippen LogP contribution is -2.47. The molecule has 0 radical (unpaired) electrons. The Morgan fingerprint density at radius 3 is 2.46 bits per heavy atom. The molecular formula is C18H22BrN5. The summed E-state index contributed by atoms with van der Waals surface area (Å²) < 4.78 is 2.80. The highest BCUT2D eigenvalue weighted by molar-refractivity contribution is 9.10. The minimum atomic E-state index is -0.284. The van der Waals surface area contributed by atoms with E-state index in [0.717, 1.165) is 54.4 Å². The summed E-state index contributed by atoms with van der Waals surface area (Å²) in [4.78, 5) is 9.33. The van der Waals surface area contributed by atoms with Crippen molar-refractivity contribution < 1.29 is 0 Å². The molecule has 0 spiro atoms. The number of hydrogen-bond donors (Lipinski definition) is 0. The third-order valence-corrected chi connectivity index (χ3v) is 5.31. The van der Waals surface area contributed by atoms with Crippen LogP contribution < -0.4 is 0 Å². The number of benzene rings is 1. The van der Waals surface area contributed by atoms with Crippen molar-refractivity contribution in [1.82, 2.24) is 19.4 Å². The van der Waals surface area contributed by atoms with Crippen LogP contribution in [0.2, 0.25) is 0 Å². The summed E-state index contributed by atoms with van der Waals surface area (Å²) in [6.07, 6.45) is 0. The number of aromatic nitrogens is 2. The third-order valence-electron chi connectivity index (χ3n) is 4.73. The molecule has 1 fully saturated rings. The zero-order chi connectivity index (χ0) is 17.1. The van der Waals surface area contributed by atoms with E-state index in [0.29, 0.717) is 0 Å². The second kappa shape index (κ2) is 7.47. The predicted octanol–water partition coefficient (Wildman–Crippen LogP) is 3.05. The monoisotopic (exact) mass is 387 g/mol. The Hall–Kier alpha value is -1.68. The average Bonchev–Trinajstić information content (AvgIpc) is 2.92. The quantitative estimate of drug-likeness (QED) is 0.808. The standard InChI is InChI=1S/C18H22BrN5/c1-3-23-9-11-24(12-10-23)15(13-20)16-17(19)21-18(22(16)2)14-7-5-4-6-8-14/h4-8,15H,3,9-12H2,1-2H3. The maximum atomic E-state index is 9.82. The van der Waals surface area contributed by atoms with Gasteiger partial charge in [-0.15, -0.1) is 0 Å². The molecule has 0 N–H and O–H groups in total. The molecule has 3 rings (SSSR count). The van der Waals surface area contributed by atoms with Gasteiger partial charge in [-0.05, 0) is 22.5 Å². The van der Waals surface area contributed by atoms with Gasteiger partial charge in [0, 0.05) is 38.8 Å². The van der Waals surface area contributed by atoms with Crippen molar-refractivity contribution in [3.05, 3.63) is 40.6 Å². The summed E-state index contributed by atoms with van der Waals surface area (Å²) in [5.74, 6) is 0.880. The number of imidazole rings is 1. The number of rotatable bonds is 4. The van der Waals surface area contributed by atoms with Crippen molar-refractivity contribution in [3.63, 3.8) is 0 Å². The van der Waals surface area contributed by atoms with Crippen LogP contribution in [0.5, 0.6) is 0 Å². The van der Waals surface area contributed by atoms with Crippen molar-refractivity contribution in [3.8, 4) is 17.5 Å². The number of nitriles is 1. The molecule has 0 aliphatic carbocycles. The van der Waals surface area contributed by atoms with Crippen LogP contribution in [-0.2, 0) is 7.05 Å². The second-order valence-electron chi connectivity index (χ2n) is 6.04. The van der Waals surface area contributed by atoms with Crippen LogP contribution in [0.25, 0.3) is 11.4 Å². The van der Waals surface area contributed by atoms with Crippen LogP contribution in [-0.4, -0.2) is 52.1 Å². The number of halogens is 1. The normalized spacial score (nSPS) is 17.6. The second-order valence-corrected chi connectivity index (χ2v) is 6.79. The van der Waals surface area contributed by atoms with E-state index in [1.807, 2.05) is 41.9 Å². The topological polar surface area (TPSA) is 48.1 Å². The molecule has 0 amide bonds. The molecule has 6 heteroatoms. The van der Waals surface area contributed by atoms with Gasteiger partial charge in [0.25, 0.3) is 0 Å². The fourth-order valence-electron chi connectivity index (χ4n) is 3.27. The molecule has 1 aromatic heterocycles. The molecule has 2 heterocycles. The number of nitrogens with zero attached hydrogens (tertiary/aromatic N) is 5. The third kappa shape index (κ3) is 3.25. The molecular weight excluding hydrogens is 366 g/mol. The van der Waals surface area contributed by atoms with Gasteiger partial charge in [0.2, 0.25) is 0 Å². The highest BCUT2D eigenvalue weighted by Gasteiger charge is 2.29. The minimum Gasteiger partial charge on any atom is -0.328 e. The number of hydrogen-bond acceptors (Lipinski definition) is 4.